The monoisotopic (exact) mass is 373 g/mol. The summed E-state index contributed by atoms with van der Waals surface area (Å²) in [7, 11) is 0. The molecule has 0 saturated heterocycles. The van der Waals surface area contributed by atoms with Gasteiger partial charge in [-0.25, -0.2) is 15.0 Å². The van der Waals surface area contributed by atoms with Crippen molar-refractivity contribution in [1.82, 2.24) is 10.9 Å². The third-order valence-electron chi connectivity index (χ3n) is 3.70. The van der Waals surface area contributed by atoms with Gasteiger partial charge in [0.1, 0.15) is 4.33 Å². The molecule has 1 atom stereocenters. The maximum absolute atomic E-state index is 11.9. The summed E-state index contributed by atoms with van der Waals surface area (Å²) in [5.41, 5.74) is 4.37. The van der Waals surface area contributed by atoms with Crippen molar-refractivity contribution < 1.29 is 19.1 Å². The van der Waals surface area contributed by atoms with Crippen molar-refractivity contribution in [2.75, 3.05) is 11.9 Å². The third-order valence-corrected chi connectivity index (χ3v) is 4.80. The van der Waals surface area contributed by atoms with E-state index in [1.165, 1.54) is 12.1 Å². The first-order valence-electron chi connectivity index (χ1n) is 7.22. The summed E-state index contributed by atoms with van der Waals surface area (Å²) in [5.74, 6) is -0.913. The summed E-state index contributed by atoms with van der Waals surface area (Å²) in [5, 5.41) is 2.51. The first kappa shape index (κ1) is 18.4. The molecule has 0 radical (unpaired) electrons. The van der Waals surface area contributed by atoms with E-state index in [0.717, 1.165) is 0 Å². The summed E-state index contributed by atoms with van der Waals surface area (Å²) < 4.78 is 3.75. The van der Waals surface area contributed by atoms with Crippen LogP contribution in [0, 0.1) is 5.41 Å². The number of anilines is 1. The highest BCUT2D eigenvalue weighted by molar-refractivity contribution is 6.53. The summed E-state index contributed by atoms with van der Waals surface area (Å²) >= 11 is 11.8. The molecule has 1 aliphatic carbocycles. The molecule has 9 heteroatoms. The average Bonchev–Trinajstić information content (AvgIpc) is 3.05. The van der Waals surface area contributed by atoms with Gasteiger partial charge >= 0.3 is 12.0 Å². The van der Waals surface area contributed by atoms with E-state index in [1.807, 2.05) is 0 Å². The minimum atomic E-state index is -1.11. The lowest BCUT2D eigenvalue weighted by Crippen LogP contribution is -2.47. The maximum atomic E-state index is 11.9. The number of benzene rings is 1. The molecular formula is C15H17Cl2N3O4. The SMILES string of the molecule is CCOC(=O)c1ccc(NC(=O)NNC(=O)[C@]2(C)CC2(Cl)Cl)cc1. The van der Waals surface area contributed by atoms with Gasteiger partial charge in [0.25, 0.3) is 0 Å². The number of amides is 3. The lowest BCUT2D eigenvalue weighted by atomic mass is 10.1. The highest BCUT2D eigenvalue weighted by Crippen LogP contribution is 2.63. The Morgan fingerprint density at radius 3 is 2.25 bits per heavy atom. The van der Waals surface area contributed by atoms with E-state index < -0.39 is 27.7 Å². The van der Waals surface area contributed by atoms with Crippen molar-refractivity contribution in [3.05, 3.63) is 29.8 Å². The Kier molecular flexibility index (Phi) is 5.25. The Balaban J connectivity index is 1.82. The Labute approximate surface area is 149 Å². The molecule has 2 rings (SSSR count). The van der Waals surface area contributed by atoms with Crippen molar-refractivity contribution >= 4 is 46.8 Å². The van der Waals surface area contributed by atoms with Crippen molar-refractivity contribution in [1.29, 1.82) is 0 Å². The smallest absolute Gasteiger partial charge is 0.338 e. The highest BCUT2D eigenvalue weighted by Gasteiger charge is 2.68. The fourth-order valence-electron chi connectivity index (χ4n) is 1.96. The first-order valence-corrected chi connectivity index (χ1v) is 7.97. The number of alkyl halides is 2. The van der Waals surface area contributed by atoms with Crippen molar-refractivity contribution in [2.45, 2.75) is 24.6 Å². The predicted octanol–water partition coefficient (Wildman–Crippen LogP) is 2.60. The molecular weight excluding hydrogens is 357 g/mol. The Morgan fingerprint density at radius 2 is 1.75 bits per heavy atom. The number of nitrogens with one attached hydrogen (secondary N) is 3. The molecule has 1 aromatic carbocycles. The fourth-order valence-corrected chi connectivity index (χ4v) is 2.67. The van der Waals surface area contributed by atoms with Gasteiger partial charge in [-0.05, 0) is 44.5 Å². The molecule has 0 unspecified atom stereocenters. The molecule has 0 aliphatic heterocycles. The minimum Gasteiger partial charge on any atom is -0.462 e. The van der Waals surface area contributed by atoms with Gasteiger partial charge in [-0.2, -0.15) is 0 Å². The van der Waals surface area contributed by atoms with Gasteiger partial charge < -0.3 is 10.1 Å². The molecule has 130 valence electrons. The van der Waals surface area contributed by atoms with Crippen LogP contribution in [0.5, 0.6) is 0 Å². The molecule has 0 heterocycles. The van der Waals surface area contributed by atoms with Crippen LogP contribution >= 0.6 is 23.2 Å². The quantitative estimate of drug-likeness (QED) is 0.429. The second-order valence-corrected chi connectivity index (χ2v) is 7.03. The maximum Gasteiger partial charge on any atom is 0.338 e. The predicted molar refractivity (Wildman–Crippen MR) is 89.9 cm³/mol. The number of hydrazine groups is 1. The Morgan fingerprint density at radius 1 is 1.17 bits per heavy atom. The Bertz CT molecular complexity index is 663. The molecule has 0 spiro atoms. The van der Waals surface area contributed by atoms with E-state index in [0.29, 0.717) is 17.7 Å². The zero-order chi connectivity index (χ0) is 18.0. The number of urea groups is 1. The number of carbonyl (C=O) groups is 3. The van der Waals surface area contributed by atoms with E-state index in [2.05, 4.69) is 16.2 Å². The summed E-state index contributed by atoms with van der Waals surface area (Å²) in [4.78, 5) is 35.2. The first-order chi connectivity index (χ1) is 11.2. The second kappa shape index (κ2) is 6.86. The van der Waals surface area contributed by atoms with Gasteiger partial charge in [0, 0.05) is 5.69 Å². The van der Waals surface area contributed by atoms with Crippen LogP contribution in [-0.4, -0.2) is 28.8 Å². The number of halogens is 2. The molecule has 1 aliphatic rings. The zero-order valence-corrected chi connectivity index (χ0v) is 14.6. The van der Waals surface area contributed by atoms with Crippen LogP contribution in [-0.2, 0) is 9.53 Å². The largest absolute Gasteiger partial charge is 0.462 e. The third kappa shape index (κ3) is 3.91. The van der Waals surface area contributed by atoms with Gasteiger partial charge in [0.15, 0.2) is 0 Å². The molecule has 0 aromatic heterocycles. The van der Waals surface area contributed by atoms with E-state index in [4.69, 9.17) is 27.9 Å². The average molecular weight is 374 g/mol. The van der Waals surface area contributed by atoms with Gasteiger partial charge in [-0.3, -0.25) is 10.2 Å². The molecule has 1 aromatic rings. The minimum absolute atomic E-state index is 0.283. The number of ether oxygens (including phenoxy) is 1. The van der Waals surface area contributed by atoms with Crippen LogP contribution in [0.4, 0.5) is 10.5 Å². The van der Waals surface area contributed by atoms with Gasteiger partial charge in [0.2, 0.25) is 5.91 Å². The van der Waals surface area contributed by atoms with Crippen LogP contribution in [0.1, 0.15) is 30.6 Å². The highest BCUT2D eigenvalue weighted by atomic mass is 35.5. The lowest BCUT2D eigenvalue weighted by molar-refractivity contribution is -0.126. The summed E-state index contributed by atoms with van der Waals surface area (Å²) in [6.45, 7) is 3.61. The standard InChI is InChI=1S/C15H17Cl2N3O4/c1-3-24-11(21)9-4-6-10(7-5-9)18-13(23)20-19-12(22)14(2)8-15(14,16)17/h4-7H,3,8H2,1-2H3,(H,19,22)(H2,18,20,23)/t14-/m0/s1. The van der Waals surface area contributed by atoms with Crippen LogP contribution in [0.2, 0.25) is 0 Å². The number of hydrogen-bond acceptors (Lipinski definition) is 4. The van der Waals surface area contributed by atoms with Crippen LogP contribution < -0.4 is 16.2 Å². The molecule has 0 bridgehead atoms. The number of hydrogen-bond donors (Lipinski definition) is 3. The fraction of sp³-hybridized carbons (Fsp3) is 0.400. The number of esters is 1. The van der Waals surface area contributed by atoms with Crippen LogP contribution in [0.15, 0.2) is 24.3 Å². The molecule has 1 fully saturated rings. The summed E-state index contributed by atoms with van der Waals surface area (Å²) in [6, 6.07) is 5.47. The molecule has 1 saturated carbocycles. The molecule has 7 nitrogen and oxygen atoms in total. The summed E-state index contributed by atoms with van der Waals surface area (Å²) in [6.07, 6.45) is 0.313. The van der Waals surface area contributed by atoms with Gasteiger partial charge in [-0.15, -0.1) is 23.2 Å². The lowest BCUT2D eigenvalue weighted by Gasteiger charge is -2.14. The van der Waals surface area contributed by atoms with E-state index >= 15 is 0 Å². The van der Waals surface area contributed by atoms with Crippen LogP contribution in [0.25, 0.3) is 0 Å². The van der Waals surface area contributed by atoms with Crippen LogP contribution in [0.3, 0.4) is 0 Å². The molecule has 3 N–H and O–H groups in total. The molecule has 24 heavy (non-hydrogen) atoms. The normalized spacial score (nSPS) is 20.7. The zero-order valence-electron chi connectivity index (χ0n) is 13.1. The van der Waals surface area contributed by atoms with Crippen molar-refractivity contribution in [2.24, 2.45) is 5.41 Å². The van der Waals surface area contributed by atoms with Gasteiger partial charge in [0.05, 0.1) is 17.6 Å². The van der Waals surface area contributed by atoms with E-state index in [1.54, 1.807) is 26.0 Å². The second-order valence-electron chi connectivity index (χ2n) is 5.54. The van der Waals surface area contributed by atoms with E-state index in [9.17, 15) is 14.4 Å². The van der Waals surface area contributed by atoms with E-state index in [-0.39, 0.29) is 6.61 Å². The topological polar surface area (TPSA) is 96.5 Å². The van der Waals surface area contributed by atoms with Crippen molar-refractivity contribution in [3.63, 3.8) is 0 Å². The number of rotatable bonds is 4. The Hall–Kier alpha value is -1.99. The van der Waals surface area contributed by atoms with Gasteiger partial charge in [-0.1, -0.05) is 0 Å². The van der Waals surface area contributed by atoms with Crippen molar-refractivity contribution in [3.8, 4) is 0 Å². The molecule has 3 amide bonds. The number of carbonyl (C=O) groups excluding carboxylic acids is 3.